The number of hydrogen-bond donors (Lipinski definition) is 1. The highest BCUT2D eigenvalue weighted by Crippen LogP contribution is 2.39. The van der Waals surface area contributed by atoms with E-state index in [-0.39, 0.29) is 17.8 Å². The monoisotopic (exact) mass is 435 g/mol. The maximum absolute atomic E-state index is 13.1. The van der Waals surface area contributed by atoms with Crippen LogP contribution in [-0.4, -0.2) is 58.7 Å². The second-order valence-corrected chi connectivity index (χ2v) is 7.78. The maximum Gasteiger partial charge on any atom is 0.290 e. The van der Waals surface area contributed by atoms with Crippen molar-refractivity contribution in [3.05, 3.63) is 93.2 Å². The lowest BCUT2D eigenvalue weighted by Crippen LogP contribution is -2.33. The Kier molecular flexibility index (Phi) is 7.17. The Morgan fingerprint density at radius 3 is 2.56 bits per heavy atom. The molecule has 32 heavy (non-hydrogen) atoms. The molecular weight excluding hydrogens is 410 g/mol. The fourth-order valence-electron chi connectivity index (χ4n) is 3.67. The molecule has 3 rings (SSSR count). The molecule has 0 saturated carbocycles. The van der Waals surface area contributed by atoms with Crippen molar-refractivity contribution < 1.29 is 19.6 Å². The van der Waals surface area contributed by atoms with Gasteiger partial charge in [0.25, 0.3) is 11.6 Å². The first-order valence-electron chi connectivity index (χ1n) is 10.2. The molecule has 166 valence electrons. The smallest absolute Gasteiger partial charge is 0.290 e. The molecule has 0 fully saturated rings. The highest BCUT2D eigenvalue weighted by molar-refractivity contribution is 6.14. The van der Waals surface area contributed by atoms with Gasteiger partial charge in [0.2, 0.25) is 0 Å². The SMILES string of the molecule is CN(C)CCCN1C(=O)C(O)=C(C(=O)C=Cc2ccccc2)C1c1cccc([N+](=O)[O-])c1. The Morgan fingerprint density at radius 1 is 1.19 bits per heavy atom. The van der Waals surface area contributed by atoms with Crippen molar-refractivity contribution in [2.45, 2.75) is 12.5 Å². The molecule has 1 atom stereocenters. The van der Waals surface area contributed by atoms with Crippen LogP contribution in [0.25, 0.3) is 6.08 Å². The van der Waals surface area contributed by atoms with Gasteiger partial charge in [-0.2, -0.15) is 0 Å². The summed E-state index contributed by atoms with van der Waals surface area (Å²) in [6, 6.07) is 14.1. The van der Waals surface area contributed by atoms with E-state index in [2.05, 4.69) is 0 Å². The Bertz CT molecular complexity index is 1080. The van der Waals surface area contributed by atoms with Crippen molar-refractivity contribution in [2.75, 3.05) is 27.2 Å². The van der Waals surface area contributed by atoms with Gasteiger partial charge in [-0.1, -0.05) is 48.5 Å². The van der Waals surface area contributed by atoms with Gasteiger partial charge in [-0.25, -0.2) is 0 Å². The highest BCUT2D eigenvalue weighted by atomic mass is 16.6. The Labute approximate surface area is 186 Å². The zero-order valence-electron chi connectivity index (χ0n) is 18.0. The second-order valence-electron chi connectivity index (χ2n) is 7.78. The largest absolute Gasteiger partial charge is 0.503 e. The third-order valence-electron chi connectivity index (χ3n) is 5.20. The van der Waals surface area contributed by atoms with Gasteiger partial charge in [-0.15, -0.1) is 0 Å². The predicted octanol–water partition coefficient (Wildman–Crippen LogP) is 3.52. The number of nitro benzene ring substituents is 1. The number of carbonyl (C=O) groups is 2. The highest BCUT2D eigenvalue weighted by Gasteiger charge is 2.42. The van der Waals surface area contributed by atoms with E-state index in [4.69, 9.17) is 0 Å². The summed E-state index contributed by atoms with van der Waals surface area (Å²) in [5.74, 6) is -1.79. The van der Waals surface area contributed by atoms with Gasteiger partial charge in [-0.3, -0.25) is 19.7 Å². The number of allylic oxidation sites excluding steroid dienone is 1. The summed E-state index contributed by atoms with van der Waals surface area (Å²) in [6.07, 6.45) is 3.52. The van der Waals surface area contributed by atoms with Crippen molar-refractivity contribution >= 4 is 23.5 Å². The van der Waals surface area contributed by atoms with Crippen molar-refractivity contribution in [1.29, 1.82) is 0 Å². The number of rotatable bonds is 9. The summed E-state index contributed by atoms with van der Waals surface area (Å²) < 4.78 is 0. The van der Waals surface area contributed by atoms with E-state index in [1.807, 2.05) is 49.3 Å². The average Bonchev–Trinajstić information content (AvgIpc) is 3.03. The summed E-state index contributed by atoms with van der Waals surface area (Å²) in [4.78, 5) is 40.1. The van der Waals surface area contributed by atoms with Crippen LogP contribution in [0.5, 0.6) is 0 Å². The first-order chi connectivity index (χ1) is 15.3. The lowest BCUT2D eigenvalue weighted by atomic mass is 9.95. The van der Waals surface area contributed by atoms with Crippen molar-refractivity contribution in [3.8, 4) is 0 Å². The van der Waals surface area contributed by atoms with E-state index in [0.29, 0.717) is 18.5 Å². The number of aliphatic hydroxyl groups excluding tert-OH is 1. The zero-order chi connectivity index (χ0) is 23.3. The first kappa shape index (κ1) is 22.9. The van der Waals surface area contributed by atoms with Crippen LogP contribution in [0, 0.1) is 10.1 Å². The van der Waals surface area contributed by atoms with Crippen molar-refractivity contribution in [2.24, 2.45) is 0 Å². The third kappa shape index (κ3) is 5.09. The van der Waals surface area contributed by atoms with Gasteiger partial charge in [0, 0.05) is 18.7 Å². The molecule has 0 bridgehead atoms. The zero-order valence-corrected chi connectivity index (χ0v) is 18.0. The van der Waals surface area contributed by atoms with E-state index in [0.717, 1.165) is 5.56 Å². The number of aliphatic hydroxyl groups is 1. The van der Waals surface area contributed by atoms with Gasteiger partial charge < -0.3 is 14.9 Å². The van der Waals surface area contributed by atoms with E-state index in [9.17, 15) is 24.8 Å². The molecule has 0 aliphatic carbocycles. The van der Waals surface area contributed by atoms with E-state index in [1.54, 1.807) is 12.1 Å². The van der Waals surface area contributed by atoms with Crippen LogP contribution < -0.4 is 0 Å². The average molecular weight is 435 g/mol. The van der Waals surface area contributed by atoms with Crippen LogP contribution in [0.2, 0.25) is 0 Å². The lowest BCUT2D eigenvalue weighted by molar-refractivity contribution is -0.384. The molecule has 8 nitrogen and oxygen atoms in total. The van der Waals surface area contributed by atoms with E-state index >= 15 is 0 Å². The standard InChI is InChI=1S/C24H25N3O5/c1-25(2)14-7-15-26-22(18-10-6-11-19(16-18)27(31)32)21(23(29)24(26)30)20(28)13-12-17-8-4-3-5-9-17/h3-6,8-13,16,22,29H,7,14-15H2,1-2H3. The molecule has 8 heteroatoms. The van der Waals surface area contributed by atoms with Crippen LogP contribution in [0.15, 0.2) is 72.0 Å². The van der Waals surface area contributed by atoms with Gasteiger partial charge in [0.05, 0.1) is 16.5 Å². The topological polar surface area (TPSA) is 104 Å². The predicted molar refractivity (Wildman–Crippen MR) is 121 cm³/mol. The van der Waals surface area contributed by atoms with E-state index < -0.39 is 28.4 Å². The number of amides is 1. The normalized spacial score (nSPS) is 16.4. The van der Waals surface area contributed by atoms with Crippen LogP contribution in [0.4, 0.5) is 5.69 Å². The molecule has 1 unspecified atom stereocenters. The molecule has 1 heterocycles. The van der Waals surface area contributed by atoms with Crippen molar-refractivity contribution in [1.82, 2.24) is 9.80 Å². The van der Waals surface area contributed by atoms with Gasteiger partial charge in [-0.05, 0) is 44.3 Å². The van der Waals surface area contributed by atoms with E-state index in [1.165, 1.54) is 29.2 Å². The minimum Gasteiger partial charge on any atom is -0.503 e. The minimum atomic E-state index is -0.905. The van der Waals surface area contributed by atoms with Crippen LogP contribution in [0.3, 0.4) is 0 Å². The molecule has 0 saturated heterocycles. The number of carbonyl (C=O) groups excluding carboxylic acids is 2. The molecule has 2 aromatic rings. The Hall–Kier alpha value is -3.78. The fourth-order valence-corrected chi connectivity index (χ4v) is 3.67. The number of non-ortho nitro benzene ring substituents is 1. The minimum absolute atomic E-state index is 0.0764. The Morgan fingerprint density at radius 2 is 1.91 bits per heavy atom. The number of ketones is 1. The number of benzene rings is 2. The summed E-state index contributed by atoms with van der Waals surface area (Å²) in [5.41, 5.74) is 0.964. The molecular formula is C24H25N3O5. The van der Waals surface area contributed by atoms with Gasteiger partial charge >= 0.3 is 0 Å². The molecule has 0 spiro atoms. The first-order valence-corrected chi connectivity index (χ1v) is 10.2. The summed E-state index contributed by atoms with van der Waals surface area (Å²) in [5, 5.41) is 21.9. The molecule has 1 aliphatic heterocycles. The lowest BCUT2D eigenvalue weighted by Gasteiger charge is -2.27. The van der Waals surface area contributed by atoms with Crippen LogP contribution >= 0.6 is 0 Å². The van der Waals surface area contributed by atoms with Crippen LogP contribution in [-0.2, 0) is 9.59 Å². The number of nitrogens with zero attached hydrogens (tertiary/aromatic N) is 3. The second kappa shape index (κ2) is 10.0. The molecule has 1 aliphatic rings. The molecule has 0 radical (unpaired) electrons. The summed E-state index contributed by atoms with van der Waals surface area (Å²) in [6.45, 7) is 0.983. The summed E-state index contributed by atoms with van der Waals surface area (Å²) in [7, 11) is 3.81. The molecule has 1 N–H and O–H groups in total. The maximum atomic E-state index is 13.1. The molecule has 2 aromatic carbocycles. The van der Waals surface area contributed by atoms with Crippen LogP contribution in [0.1, 0.15) is 23.6 Å². The number of nitro groups is 1. The van der Waals surface area contributed by atoms with Gasteiger partial charge in [0.1, 0.15) is 0 Å². The molecule has 0 aromatic heterocycles. The third-order valence-corrected chi connectivity index (χ3v) is 5.20. The fraction of sp³-hybridized carbons (Fsp3) is 0.250. The Balaban J connectivity index is 1.99. The molecule has 1 amide bonds. The quantitative estimate of drug-likeness (QED) is 0.367. The van der Waals surface area contributed by atoms with Crippen molar-refractivity contribution in [3.63, 3.8) is 0 Å². The summed E-state index contributed by atoms with van der Waals surface area (Å²) >= 11 is 0. The van der Waals surface area contributed by atoms with Gasteiger partial charge in [0.15, 0.2) is 11.5 Å². The number of hydrogen-bond acceptors (Lipinski definition) is 6.